The Hall–Kier alpha value is -3.32. The molecule has 3 N–H and O–H groups in total. The van der Waals surface area contributed by atoms with Crippen molar-refractivity contribution in [3.63, 3.8) is 0 Å². The zero-order chi connectivity index (χ0) is 19.0. The highest BCUT2D eigenvalue weighted by Gasteiger charge is 2.33. The average molecular weight is 382 g/mol. The predicted molar refractivity (Wildman–Crippen MR) is 103 cm³/mol. The minimum absolute atomic E-state index is 0.152. The number of anilines is 2. The quantitative estimate of drug-likeness (QED) is 0.645. The molecule has 0 saturated carbocycles. The number of nitrogens with zero attached hydrogens (tertiary/aromatic N) is 3. The third kappa shape index (κ3) is 3.24. The van der Waals surface area contributed by atoms with Gasteiger partial charge < -0.3 is 15.7 Å². The number of hydrogen-bond donors (Lipinski definition) is 3. The average Bonchev–Trinajstić information content (AvgIpc) is 3.11. The van der Waals surface area contributed by atoms with Gasteiger partial charge in [0.1, 0.15) is 18.1 Å². The minimum atomic E-state index is -0.475. The van der Waals surface area contributed by atoms with Crippen LogP contribution in [0, 0.1) is 0 Å². The Morgan fingerprint density at radius 2 is 1.89 bits per heavy atom. The molecule has 3 aromatic rings. The van der Waals surface area contributed by atoms with Gasteiger partial charge in [-0.15, -0.1) is 0 Å². The molecule has 0 spiro atoms. The summed E-state index contributed by atoms with van der Waals surface area (Å²) in [7, 11) is 0. The lowest BCUT2D eigenvalue weighted by Crippen LogP contribution is -2.31. The van der Waals surface area contributed by atoms with Gasteiger partial charge in [0.05, 0.1) is 5.57 Å². The van der Waals surface area contributed by atoms with Crippen molar-refractivity contribution in [2.75, 3.05) is 10.6 Å². The molecular formula is C19H16ClN5O2. The Bertz CT molecular complexity index is 1030. The van der Waals surface area contributed by atoms with Crippen molar-refractivity contribution in [3.8, 4) is 5.75 Å². The monoisotopic (exact) mass is 381 g/mol. The number of carbonyl (C=O) groups is 1. The van der Waals surface area contributed by atoms with Gasteiger partial charge in [-0.1, -0.05) is 23.7 Å². The van der Waals surface area contributed by atoms with E-state index in [4.69, 9.17) is 11.6 Å². The van der Waals surface area contributed by atoms with E-state index in [0.717, 1.165) is 5.56 Å². The molecule has 4 rings (SSSR count). The molecule has 27 heavy (non-hydrogen) atoms. The van der Waals surface area contributed by atoms with Gasteiger partial charge in [-0.25, -0.2) is 4.68 Å². The van der Waals surface area contributed by atoms with Crippen molar-refractivity contribution in [3.05, 3.63) is 76.7 Å². The highest BCUT2D eigenvalue weighted by molar-refractivity contribution is 6.30. The van der Waals surface area contributed by atoms with Crippen LogP contribution in [-0.2, 0) is 4.79 Å². The number of carbonyl (C=O) groups excluding carboxylic acids is 1. The first-order valence-electron chi connectivity index (χ1n) is 8.26. The van der Waals surface area contributed by atoms with E-state index < -0.39 is 6.04 Å². The molecule has 0 fully saturated rings. The maximum Gasteiger partial charge on any atom is 0.255 e. The van der Waals surface area contributed by atoms with Crippen LogP contribution in [-0.4, -0.2) is 25.8 Å². The van der Waals surface area contributed by atoms with E-state index in [2.05, 4.69) is 20.7 Å². The van der Waals surface area contributed by atoms with E-state index in [9.17, 15) is 9.90 Å². The van der Waals surface area contributed by atoms with E-state index in [1.54, 1.807) is 53.2 Å². The Morgan fingerprint density at radius 3 is 2.59 bits per heavy atom. The summed E-state index contributed by atoms with van der Waals surface area (Å²) in [4.78, 5) is 17.3. The number of allylic oxidation sites excluding steroid dienone is 1. The molecule has 2 heterocycles. The highest BCUT2D eigenvalue weighted by Crippen LogP contribution is 2.35. The van der Waals surface area contributed by atoms with E-state index in [0.29, 0.717) is 27.9 Å². The minimum Gasteiger partial charge on any atom is -0.508 e. The summed E-state index contributed by atoms with van der Waals surface area (Å²) in [6, 6.07) is 13.1. The normalized spacial score (nSPS) is 15.9. The molecule has 1 aliphatic heterocycles. The Labute approximate surface area is 160 Å². The number of amides is 1. The molecule has 0 unspecified atom stereocenters. The van der Waals surface area contributed by atoms with Crippen LogP contribution < -0.4 is 10.6 Å². The number of phenolic OH excluding ortho intramolecular Hbond substituents is 1. The molecule has 1 atom stereocenters. The van der Waals surface area contributed by atoms with Crippen molar-refractivity contribution in [2.45, 2.75) is 13.0 Å². The van der Waals surface area contributed by atoms with Crippen molar-refractivity contribution >= 4 is 29.1 Å². The van der Waals surface area contributed by atoms with Gasteiger partial charge in [-0.05, 0) is 48.9 Å². The summed E-state index contributed by atoms with van der Waals surface area (Å²) in [6.45, 7) is 1.82. The van der Waals surface area contributed by atoms with Crippen LogP contribution in [0.3, 0.4) is 0 Å². The molecule has 1 amide bonds. The van der Waals surface area contributed by atoms with Crippen LogP contribution in [0.1, 0.15) is 18.5 Å². The summed E-state index contributed by atoms with van der Waals surface area (Å²) in [6.07, 6.45) is 1.43. The van der Waals surface area contributed by atoms with Gasteiger partial charge >= 0.3 is 0 Å². The largest absolute Gasteiger partial charge is 0.508 e. The number of aromatic nitrogens is 3. The van der Waals surface area contributed by atoms with E-state index in [-0.39, 0.29) is 11.7 Å². The van der Waals surface area contributed by atoms with E-state index >= 15 is 0 Å². The maximum atomic E-state index is 13.1. The zero-order valence-electron chi connectivity index (χ0n) is 14.3. The van der Waals surface area contributed by atoms with Gasteiger partial charge in [0, 0.05) is 16.4 Å². The standard InChI is InChI=1S/C19H16ClN5O2/c1-11-16(18(27)24-14-6-4-13(20)5-7-14)17(12-2-8-15(26)9-3-12)25-19(23-11)21-10-22-25/h2-10,17,26H,1H3,(H,24,27)(H,21,22,23)/t17-/m0/s1. The lowest BCUT2D eigenvalue weighted by molar-refractivity contribution is -0.113. The fourth-order valence-corrected chi connectivity index (χ4v) is 3.21. The second kappa shape index (κ2) is 6.77. The van der Waals surface area contributed by atoms with Crippen molar-refractivity contribution in [1.29, 1.82) is 0 Å². The molecule has 1 aliphatic rings. The fourth-order valence-electron chi connectivity index (χ4n) is 3.08. The van der Waals surface area contributed by atoms with Crippen LogP contribution >= 0.6 is 11.6 Å². The second-order valence-corrected chi connectivity index (χ2v) is 6.58. The number of benzene rings is 2. The smallest absolute Gasteiger partial charge is 0.255 e. The molecule has 7 nitrogen and oxygen atoms in total. The van der Waals surface area contributed by atoms with E-state index in [1.165, 1.54) is 6.33 Å². The summed E-state index contributed by atoms with van der Waals surface area (Å²) >= 11 is 5.91. The van der Waals surface area contributed by atoms with Crippen molar-refractivity contribution in [1.82, 2.24) is 14.8 Å². The number of hydrogen-bond acceptors (Lipinski definition) is 5. The van der Waals surface area contributed by atoms with Gasteiger partial charge in [0.2, 0.25) is 5.95 Å². The zero-order valence-corrected chi connectivity index (χ0v) is 15.1. The number of phenols is 1. The lowest BCUT2D eigenvalue weighted by Gasteiger charge is -2.28. The predicted octanol–water partition coefficient (Wildman–Crippen LogP) is 3.56. The Balaban J connectivity index is 1.74. The lowest BCUT2D eigenvalue weighted by atomic mass is 9.95. The summed E-state index contributed by atoms with van der Waals surface area (Å²) in [5.41, 5.74) is 2.63. The van der Waals surface area contributed by atoms with Crippen molar-refractivity contribution in [2.24, 2.45) is 0 Å². The van der Waals surface area contributed by atoms with Crippen LogP contribution in [0.15, 0.2) is 66.1 Å². The summed E-state index contributed by atoms with van der Waals surface area (Å²) in [5.74, 6) is 0.439. The number of nitrogens with one attached hydrogen (secondary N) is 2. The van der Waals surface area contributed by atoms with Gasteiger partial charge in [-0.2, -0.15) is 10.1 Å². The number of fused-ring (bicyclic) bond motifs is 1. The molecule has 2 aromatic carbocycles. The SMILES string of the molecule is CC1=C(C(=O)Nc2ccc(Cl)cc2)[C@H](c2ccc(O)cc2)n2ncnc2N1. The molecule has 8 heteroatoms. The first-order valence-corrected chi connectivity index (χ1v) is 8.64. The topological polar surface area (TPSA) is 92.1 Å². The van der Waals surface area contributed by atoms with Gasteiger partial charge in [0.15, 0.2) is 0 Å². The van der Waals surface area contributed by atoms with Gasteiger partial charge in [-0.3, -0.25) is 4.79 Å². The van der Waals surface area contributed by atoms with E-state index in [1.807, 2.05) is 6.92 Å². The Kier molecular flexibility index (Phi) is 4.29. The third-order valence-electron chi connectivity index (χ3n) is 4.35. The third-order valence-corrected chi connectivity index (χ3v) is 4.60. The molecule has 136 valence electrons. The molecule has 0 aliphatic carbocycles. The van der Waals surface area contributed by atoms with Gasteiger partial charge in [0.25, 0.3) is 5.91 Å². The maximum absolute atomic E-state index is 13.1. The number of aromatic hydroxyl groups is 1. The van der Waals surface area contributed by atoms with Crippen LogP contribution in [0.4, 0.5) is 11.6 Å². The molecule has 0 bridgehead atoms. The molecular weight excluding hydrogens is 366 g/mol. The summed E-state index contributed by atoms with van der Waals surface area (Å²) < 4.78 is 1.65. The van der Waals surface area contributed by atoms with Crippen LogP contribution in [0.5, 0.6) is 5.75 Å². The number of halogens is 1. The Morgan fingerprint density at radius 1 is 1.19 bits per heavy atom. The first kappa shape index (κ1) is 17.1. The molecule has 0 saturated heterocycles. The molecule has 1 aromatic heterocycles. The number of rotatable bonds is 3. The second-order valence-electron chi connectivity index (χ2n) is 6.15. The summed E-state index contributed by atoms with van der Waals surface area (Å²) in [5, 5.41) is 20.5. The highest BCUT2D eigenvalue weighted by atomic mass is 35.5. The fraction of sp³-hybridized carbons (Fsp3) is 0.105. The van der Waals surface area contributed by atoms with Crippen LogP contribution in [0.2, 0.25) is 5.02 Å². The molecule has 0 radical (unpaired) electrons. The van der Waals surface area contributed by atoms with Crippen LogP contribution in [0.25, 0.3) is 0 Å². The first-order chi connectivity index (χ1) is 13.0. The van der Waals surface area contributed by atoms with Crippen molar-refractivity contribution < 1.29 is 9.90 Å².